The number of ether oxygens (including phenoxy) is 1. The number of aryl methyl sites for hydroxylation is 1. The monoisotopic (exact) mass is 348 g/mol. The third-order valence-electron chi connectivity index (χ3n) is 3.59. The number of hydrogen-bond acceptors (Lipinski definition) is 3. The Kier molecular flexibility index (Phi) is 6.05. The van der Waals surface area contributed by atoms with Gasteiger partial charge in [0.2, 0.25) is 5.91 Å². The summed E-state index contributed by atoms with van der Waals surface area (Å²) in [7, 11) is 2.96. The minimum Gasteiger partial charge on any atom is -0.495 e. The highest BCUT2D eigenvalue weighted by Crippen LogP contribution is 2.26. The summed E-state index contributed by atoms with van der Waals surface area (Å²) >= 11 is 0. The van der Waals surface area contributed by atoms with E-state index in [1.165, 1.54) is 26.3 Å². The van der Waals surface area contributed by atoms with Gasteiger partial charge in [-0.25, -0.2) is 8.78 Å². The molecule has 7 heteroatoms. The van der Waals surface area contributed by atoms with Gasteiger partial charge in [-0.1, -0.05) is 6.07 Å². The Bertz CT molecular complexity index is 794. The second-order valence-electron chi connectivity index (χ2n) is 5.29. The van der Waals surface area contributed by atoms with Gasteiger partial charge in [0.05, 0.1) is 12.8 Å². The molecule has 0 saturated heterocycles. The smallest absolute Gasteiger partial charge is 0.251 e. The standard InChI is InChI=1S/C18H18F2N2O3/c1-21-18(24)12-5-7-16(25-2)15(10-12)22-17(23)8-4-11-3-6-13(19)14(20)9-11/h3,5-7,9-10H,4,8H2,1-2H3,(H,21,24)(H,22,23). The molecular formula is C18H18F2N2O3. The van der Waals surface area contributed by atoms with Crippen LogP contribution in [0.4, 0.5) is 14.5 Å². The maximum absolute atomic E-state index is 13.2. The number of halogens is 2. The maximum atomic E-state index is 13.2. The van der Waals surface area contributed by atoms with Gasteiger partial charge in [0.1, 0.15) is 5.75 Å². The third kappa shape index (κ3) is 4.76. The molecule has 2 N–H and O–H groups in total. The van der Waals surface area contributed by atoms with E-state index in [4.69, 9.17) is 4.74 Å². The molecule has 0 aliphatic carbocycles. The van der Waals surface area contributed by atoms with Crippen molar-refractivity contribution in [3.63, 3.8) is 0 Å². The van der Waals surface area contributed by atoms with Crippen LogP contribution in [-0.4, -0.2) is 26.0 Å². The fourth-order valence-corrected chi connectivity index (χ4v) is 2.26. The van der Waals surface area contributed by atoms with E-state index >= 15 is 0 Å². The lowest BCUT2D eigenvalue weighted by atomic mass is 10.1. The quantitative estimate of drug-likeness (QED) is 0.843. The molecule has 0 atom stereocenters. The number of carbonyl (C=O) groups is 2. The van der Waals surface area contributed by atoms with Gasteiger partial charge in [0.15, 0.2) is 11.6 Å². The average Bonchev–Trinajstić information content (AvgIpc) is 2.62. The van der Waals surface area contributed by atoms with Crippen molar-refractivity contribution >= 4 is 17.5 Å². The summed E-state index contributed by atoms with van der Waals surface area (Å²) in [6, 6.07) is 8.18. The van der Waals surface area contributed by atoms with Crippen LogP contribution in [0.1, 0.15) is 22.3 Å². The second-order valence-corrected chi connectivity index (χ2v) is 5.29. The van der Waals surface area contributed by atoms with E-state index in [-0.39, 0.29) is 24.7 Å². The molecule has 2 rings (SSSR count). The van der Waals surface area contributed by atoms with Crippen LogP contribution in [0.2, 0.25) is 0 Å². The minimum atomic E-state index is -0.946. The summed E-state index contributed by atoms with van der Waals surface area (Å²) in [5.74, 6) is -2.09. The molecule has 0 saturated carbocycles. The highest BCUT2D eigenvalue weighted by atomic mass is 19.2. The van der Waals surface area contributed by atoms with Crippen molar-refractivity contribution in [2.45, 2.75) is 12.8 Å². The highest BCUT2D eigenvalue weighted by Gasteiger charge is 2.12. The zero-order valence-electron chi connectivity index (χ0n) is 13.9. The number of anilines is 1. The number of benzene rings is 2. The van der Waals surface area contributed by atoms with Crippen molar-refractivity contribution < 1.29 is 23.1 Å². The van der Waals surface area contributed by atoms with E-state index in [0.717, 1.165) is 12.1 Å². The fraction of sp³-hybridized carbons (Fsp3) is 0.222. The van der Waals surface area contributed by atoms with Crippen molar-refractivity contribution in [1.29, 1.82) is 0 Å². The van der Waals surface area contributed by atoms with E-state index in [0.29, 0.717) is 22.6 Å². The van der Waals surface area contributed by atoms with Gasteiger partial charge in [0, 0.05) is 19.0 Å². The minimum absolute atomic E-state index is 0.0679. The molecule has 2 aromatic rings. The number of nitrogens with one attached hydrogen (secondary N) is 2. The largest absolute Gasteiger partial charge is 0.495 e. The fourth-order valence-electron chi connectivity index (χ4n) is 2.26. The van der Waals surface area contributed by atoms with Crippen LogP contribution >= 0.6 is 0 Å². The molecule has 0 heterocycles. The third-order valence-corrected chi connectivity index (χ3v) is 3.59. The number of carbonyl (C=O) groups excluding carboxylic acids is 2. The molecule has 25 heavy (non-hydrogen) atoms. The molecule has 132 valence electrons. The van der Waals surface area contributed by atoms with Gasteiger partial charge >= 0.3 is 0 Å². The van der Waals surface area contributed by atoms with E-state index in [9.17, 15) is 18.4 Å². The summed E-state index contributed by atoms with van der Waals surface area (Å²) in [5.41, 5.74) is 1.25. The van der Waals surface area contributed by atoms with Crippen LogP contribution in [0, 0.1) is 11.6 Å². The van der Waals surface area contributed by atoms with Gasteiger partial charge in [-0.15, -0.1) is 0 Å². The van der Waals surface area contributed by atoms with Gasteiger partial charge in [0.25, 0.3) is 5.91 Å². The zero-order valence-corrected chi connectivity index (χ0v) is 13.9. The molecule has 2 aromatic carbocycles. The van der Waals surface area contributed by atoms with E-state index in [2.05, 4.69) is 10.6 Å². The van der Waals surface area contributed by atoms with Crippen LogP contribution < -0.4 is 15.4 Å². The van der Waals surface area contributed by atoms with Crippen LogP contribution in [-0.2, 0) is 11.2 Å². The Morgan fingerprint density at radius 2 is 1.84 bits per heavy atom. The molecular weight excluding hydrogens is 330 g/mol. The second kappa shape index (κ2) is 8.23. The molecule has 0 spiro atoms. The molecule has 0 fully saturated rings. The Morgan fingerprint density at radius 1 is 1.08 bits per heavy atom. The van der Waals surface area contributed by atoms with Gasteiger partial charge in [-0.2, -0.15) is 0 Å². The van der Waals surface area contributed by atoms with Crippen LogP contribution in [0.3, 0.4) is 0 Å². The first-order chi connectivity index (χ1) is 11.9. The number of amides is 2. The van der Waals surface area contributed by atoms with Crippen LogP contribution in [0.5, 0.6) is 5.75 Å². The predicted molar refractivity (Wildman–Crippen MR) is 89.7 cm³/mol. The molecule has 2 amide bonds. The summed E-state index contributed by atoms with van der Waals surface area (Å²) in [4.78, 5) is 23.8. The first kappa shape index (κ1) is 18.4. The number of methoxy groups -OCH3 is 1. The van der Waals surface area contributed by atoms with Crippen LogP contribution in [0.25, 0.3) is 0 Å². The number of rotatable bonds is 6. The van der Waals surface area contributed by atoms with Crippen molar-refractivity contribution in [2.75, 3.05) is 19.5 Å². The molecule has 0 radical (unpaired) electrons. The van der Waals surface area contributed by atoms with Crippen molar-refractivity contribution in [3.05, 3.63) is 59.2 Å². The maximum Gasteiger partial charge on any atom is 0.251 e. The Labute approximate surface area is 144 Å². The van der Waals surface area contributed by atoms with Crippen molar-refractivity contribution in [3.8, 4) is 5.75 Å². The first-order valence-electron chi connectivity index (χ1n) is 7.58. The normalized spacial score (nSPS) is 10.2. The summed E-state index contributed by atoms with van der Waals surface area (Å²) < 4.78 is 31.2. The molecule has 5 nitrogen and oxygen atoms in total. The van der Waals surface area contributed by atoms with Gasteiger partial charge in [-0.3, -0.25) is 9.59 Å². The van der Waals surface area contributed by atoms with Crippen LogP contribution in [0.15, 0.2) is 36.4 Å². The lowest BCUT2D eigenvalue weighted by molar-refractivity contribution is -0.116. The summed E-state index contributed by atoms with van der Waals surface area (Å²) in [5, 5.41) is 5.16. The summed E-state index contributed by atoms with van der Waals surface area (Å²) in [6.07, 6.45) is 0.318. The molecule has 0 aliphatic rings. The lowest BCUT2D eigenvalue weighted by Gasteiger charge is -2.12. The molecule has 0 aliphatic heterocycles. The lowest BCUT2D eigenvalue weighted by Crippen LogP contribution is -2.19. The van der Waals surface area contributed by atoms with E-state index < -0.39 is 11.6 Å². The highest BCUT2D eigenvalue weighted by molar-refractivity contribution is 5.98. The van der Waals surface area contributed by atoms with E-state index in [1.54, 1.807) is 12.1 Å². The molecule has 0 bridgehead atoms. The molecule has 0 unspecified atom stereocenters. The zero-order chi connectivity index (χ0) is 18.4. The van der Waals surface area contributed by atoms with E-state index in [1.807, 2.05) is 0 Å². The topological polar surface area (TPSA) is 67.4 Å². The SMILES string of the molecule is CNC(=O)c1ccc(OC)c(NC(=O)CCc2ccc(F)c(F)c2)c1. The van der Waals surface area contributed by atoms with Gasteiger partial charge in [-0.05, 0) is 42.3 Å². The predicted octanol–water partition coefficient (Wildman–Crippen LogP) is 2.90. The van der Waals surface area contributed by atoms with Crippen molar-refractivity contribution in [1.82, 2.24) is 5.32 Å². The number of hydrogen-bond donors (Lipinski definition) is 2. The summed E-state index contributed by atoms with van der Waals surface area (Å²) in [6.45, 7) is 0. The average molecular weight is 348 g/mol. The first-order valence-corrected chi connectivity index (χ1v) is 7.58. The molecule has 0 aromatic heterocycles. The van der Waals surface area contributed by atoms with Crippen molar-refractivity contribution in [2.24, 2.45) is 0 Å². The Morgan fingerprint density at radius 3 is 2.48 bits per heavy atom. The Balaban J connectivity index is 2.06. The van der Waals surface area contributed by atoms with Gasteiger partial charge < -0.3 is 15.4 Å². The Hall–Kier alpha value is -2.96.